The van der Waals surface area contributed by atoms with Gasteiger partial charge in [-0.2, -0.15) is 4.68 Å². The van der Waals surface area contributed by atoms with E-state index in [1.54, 1.807) is 20.8 Å². The van der Waals surface area contributed by atoms with Crippen LogP contribution in [-0.2, 0) is 17.7 Å². The Bertz CT molecular complexity index is 827. The number of benzene rings is 1. The molecule has 0 spiro atoms. The van der Waals surface area contributed by atoms with Gasteiger partial charge in [0.15, 0.2) is 0 Å². The molecule has 1 amide bonds. The molecule has 122 valence electrons. The first-order valence-electron chi connectivity index (χ1n) is 7.36. The van der Waals surface area contributed by atoms with Crippen LogP contribution >= 0.6 is 0 Å². The van der Waals surface area contributed by atoms with Crippen LogP contribution in [0.25, 0.3) is 0 Å². The fourth-order valence-corrected chi connectivity index (χ4v) is 2.64. The largest absolute Gasteiger partial charge is 0.492 e. The quantitative estimate of drug-likeness (QED) is 0.716. The smallest absolute Gasteiger partial charge is 0.427 e. The van der Waals surface area contributed by atoms with Crippen LogP contribution in [0.1, 0.15) is 37.6 Å². The first-order valence-corrected chi connectivity index (χ1v) is 7.36. The topological polar surface area (TPSA) is 85.5 Å². The summed E-state index contributed by atoms with van der Waals surface area (Å²) in [6, 6.07) is 7.73. The van der Waals surface area contributed by atoms with E-state index in [-0.39, 0.29) is 5.88 Å². The molecular weight excluding hydrogens is 298 g/mol. The number of fused-ring (bicyclic) bond motifs is 2. The van der Waals surface area contributed by atoms with Gasteiger partial charge in [0.1, 0.15) is 5.60 Å². The highest BCUT2D eigenvalue weighted by molar-refractivity contribution is 5.76. The van der Waals surface area contributed by atoms with E-state index in [1.807, 2.05) is 24.3 Å². The predicted octanol–water partition coefficient (Wildman–Crippen LogP) is 1.79. The van der Waals surface area contributed by atoms with Crippen molar-refractivity contribution in [1.29, 1.82) is 0 Å². The number of aromatic hydroxyl groups is 1. The number of imidazole rings is 1. The van der Waals surface area contributed by atoms with E-state index >= 15 is 0 Å². The monoisotopic (exact) mass is 317 g/mol. The van der Waals surface area contributed by atoms with Crippen LogP contribution in [0.15, 0.2) is 29.1 Å². The van der Waals surface area contributed by atoms with Gasteiger partial charge >= 0.3 is 11.8 Å². The molecule has 2 N–H and O–H groups in total. The van der Waals surface area contributed by atoms with Gasteiger partial charge in [-0.15, -0.1) is 0 Å². The lowest BCUT2D eigenvalue weighted by Gasteiger charge is -2.19. The average Bonchev–Trinajstić information content (AvgIpc) is 2.68. The molecule has 0 unspecified atom stereocenters. The fraction of sp³-hybridized carbons (Fsp3) is 0.375. The number of carbonyl (C=O) groups excluding carboxylic acids is 1. The van der Waals surface area contributed by atoms with E-state index < -0.39 is 17.4 Å². The first-order chi connectivity index (χ1) is 10.8. The van der Waals surface area contributed by atoms with Gasteiger partial charge < -0.3 is 9.84 Å². The van der Waals surface area contributed by atoms with Crippen LogP contribution < -0.4 is 11.1 Å². The number of nitrogens with one attached hydrogen (secondary N) is 1. The maximum absolute atomic E-state index is 12.4. The summed E-state index contributed by atoms with van der Waals surface area (Å²) in [7, 11) is 0. The number of aromatic nitrogens is 2. The van der Waals surface area contributed by atoms with Crippen LogP contribution in [0.2, 0.25) is 0 Å². The van der Waals surface area contributed by atoms with E-state index in [4.69, 9.17) is 4.74 Å². The van der Waals surface area contributed by atoms with Gasteiger partial charge in [-0.25, -0.2) is 15.0 Å². The zero-order valence-corrected chi connectivity index (χ0v) is 13.3. The molecule has 0 radical (unpaired) electrons. The third-order valence-electron chi connectivity index (χ3n) is 3.62. The molecule has 0 aliphatic carbocycles. The molecule has 2 heterocycles. The van der Waals surface area contributed by atoms with Crippen molar-refractivity contribution in [1.82, 2.24) is 9.24 Å². The van der Waals surface area contributed by atoms with Crippen molar-refractivity contribution in [2.24, 2.45) is 0 Å². The zero-order chi connectivity index (χ0) is 16.8. The van der Waals surface area contributed by atoms with Crippen LogP contribution in [-0.4, -0.2) is 26.0 Å². The summed E-state index contributed by atoms with van der Waals surface area (Å²) in [6.45, 7) is 5.52. The van der Waals surface area contributed by atoms with E-state index in [1.165, 1.54) is 4.57 Å². The standard InChI is InChI=1S/C16H19N3O4/c1-16(2,3)23-14(21)17-19-13(20)12-8-10-6-4-5-7-11(10)9-18(12)15(19)22/h4-7,20H,8-9H2,1-3H3,(H,17,21). The Labute approximate surface area is 133 Å². The Hall–Kier alpha value is -2.70. The number of carbonyl (C=O) groups is 1. The fourth-order valence-electron chi connectivity index (χ4n) is 2.64. The molecule has 1 aromatic carbocycles. The Morgan fingerprint density at radius 2 is 1.91 bits per heavy atom. The lowest BCUT2D eigenvalue weighted by Crippen LogP contribution is -2.37. The summed E-state index contributed by atoms with van der Waals surface area (Å²) in [6.07, 6.45) is -0.365. The summed E-state index contributed by atoms with van der Waals surface area (Å²) >= 11 is 0. The molecule has 0 saturated heterocycles. The second-order valence-corrected chi connectivity index (χ2v) is 6.53. The number of amides is 1. The number of hydrogen-bond acceptors (Lipinski definition) is 4. The first kappa shape index (κ1) is 15.2. The number of hydrogen-bond donors (Lipinski definition) is 2. The zero-order valence-electron chi connectivity index (χ0n) is 13.3. The molecule has 7 nitrogen and oxygen atoms in total. The van der Waals surface area contributed by atoms with Crippen molar-refractivity contribution >= 4 is 6.09 Å². The molecule has 23 heavy (non-hydrogen) atoms. The van der Waals surface area contributed by atoms with Crippen LogP contribution in [0.3, 0.4) is 0 Å². The predicted molar refractivity (Wildman–Crippen MR) is 84.3 cm³/mol. The Kier molecular flexibility index (Phi) is 3.43. The van der Waals surface area contributed by atoms with Crippen LogP contribution in [0, 0.1) is 0 Å². The highest BCUT2D eigenvalue weighted by atomic mass is 16.6. The molecule has 1 aliphatic rings. The number of ether oxygens (including phenoxy) is 1. The van der Waals surface area contributed by atoms with Crippen molar-refractivity contribution < 1.29 is 14.6 Å². The minimum absolute atomic E-state index is 0.268. The van der Waals surface area contributed by atoms with Gasteiger partial charge in [0.05, 0.1) is 12.2 Å². The highest BCUT2D eigenvalue weighted by Gasteiger charge is 2.26. The van der Waals surface area contributed by atoms with E-state index in [9.17, 15) is 14.7 Å². The molecule has 0 atom stereocenters. The van der Waals surface area contributed by atoms with Gasteiger partial charge in [-0.3, -0.25) is 4.57 Å². The Morgan fingerprint density at radius 1 is 1.26 bits per heavy atom. The Balaban J connectivity index is 1.93. The summed E-state index contributed by atoms with van der Waals surface area (Å²) in [4.78, 5) is 24.3. The minimum atomic E-state index is -0.796. The van der Waals surface area contributed by atoms with E-state index in [2.05, 4.69) is 5.43 Å². The van der Waals surface area contributed by atoms with Crippen LogP contribution in [0.4, 0.5) is 4.79 Å². The molecular formula is C16H19N3O4. The average molecular weight is 317 g/mol. The van der Waals surface area contributed by atoms with Gasteiger partial charge in [-0.05, 0) is 31.9 Å². The molecule has 1 aromatic heterocycles. The van der Waals surface area contributed by atoms with Crippen molar-refractivity contribution in [3.8, 4) is 5.88 Å². The van der Waals surface area contributed by atoms with Crippen molar-refractivity contribution in [3.05, 3.63) is 51.6 Å². The summed E-state index contributed by atoms with van der Waals surface area (Å²) in [5.74, 6) is -0.268. The molecule has 0 fully saturated rings. The van der Waals surface area contributed by atoms with Crippen molar-refractivity contribution in [2.45, 2.75) is 39.3 Å². The second-order valence-electron chi connectivity index (χ2n) is 6.53. The lowest BCUT2D eigenvalue weighted by atomic mass is 9.99. The number of rotatable bonds is 1. The minimum Gasteiger partial charge on any atom is -0.492 e. The molecule has 1 aliphatic heterocycles. The van der Waals surface area contributed by atoms with Gasteiger partial charge in [0.25, 0.3) is 0 Å². The summed E-state index contributed by atoms with van der Waals surface area (Å²) in [5.41, 5.74) is 3.65. The maximum Gasteiger partial charge on any atom is 0.427 e. The maximum atomic E-state index is 12.4. The highest BCUT2D eigenvalue weighted by Crippen LogP contribution is 2.26. The van der Waals surface area contributed by atoms with Gasteiger partial charge in [0, 0.05) is 6.42 Å². The third kappa shape index (κ3) is 2.81. The lowest BCUT2D eigenvalue weighted by molar-refractivity contribution is 0.0609. The molecule has 0 bridgehead atoms. The summed E-state index contributed by atoms with van der Waals surface area (Å²) in [5, 5.41) is 10.3. The second kappa shape index (κ2) is 5.19. The van der Waals surface area contributed by atoms with Gasteiger partial charge in [-0.1, -0.05) is 24.3 Å². The normalized spacial score (nSPS) is 13.2. The van der Waals surface area contributed by atoms with Crippen LogP contribution in [0.5, 0.6) is 5.88 Å². The van der Waals surface area contributed by atoms with E-state index in [0.717, 1.165) is 15.8 Å². The molecule has 0 saturated carbocycles. The molecule has 3 rings (SSSR count). The van der Waals surface area contributed by atoms with Crippen molar-refractivity contribution in [2.75, 3.05) is 5.43 Å². The Morgan fingerprint density at radius 3 is 2.57 bits per heavy atom. The molecule has 2 aromatic rings. The number of nitrogens with zero attached hydrogens (tertiary/aromatic N) is 2. The molecule has 7 heteroatoms. The third-order valence-corrected chi connectivity index (χ3v) is 3.62. The van der Waals surface area contributed by atoms with Gasteiger partial charge in [0.2, 0.25) is 5.88 Å². The van der Waals surface area contributed by atoms with Crippen molar-refractivity contribution in [3.63, 3.8) is 0 Å². The SMILES string of the molecule is CC(C)(C)OC(=O)Nn1c(O)c2n(c1=O)Cc1ccccc1C2. The van der Waals surface area contributed by atoms with E-state index in [0.29, 0.717) is 18.7 Å². The summed E-state index contributed by atoms with van der Waals surface area (Å²) < 4.78 is 7.40.